The van der Waals surface area contributed by atoms with E-state index >= 15 is 0 Å². The van der Waals surface area contributed by atoms with Crippen molar-refractivity contribution in [1.29, 1.82) is 0 Å². The maximum Gasteiger partial charge on any atom is 0.363 e. The van der Waals surface area contributed by atoms with Gasteiger partial charge < -0.3 is 14.2 Å². The van der Waals surface area contributed by atoms with Gasteiger partial charge in [-0.05, 0) is 61.0 Å². The van der Waals surface area contributed by atoms with Gasteiger partial charge in [0, 0.05) is 5.02 Å². The van der Waals surface area contributed by atoms with Gasteiger partial charge in [-0.15, -0.1) is 0 Å². The predicted octanol–water partition coefficient (Wildman–Crippen LogP) is 6.61. The molecular weight excluding hydrogens is 501 g/mol. The zero-order valence-electron chi connectivity index (χ0n) is 17.7. The van der Waals surface area contributed by atoms with Crippen molar-refractivity contribution < 1.29 is 23.8 Å². The smallest absolute Gasteiger partial charge is 0.363 e. The fourth-order valence-corrected chi connectivity index (χ4v) is 3.80. The van der Waals surface area contributed by atoms with Gasteiger partial charge >= 0.3 is 11.9 Å². The number of carbonyl (C=O) groups excluding carboxylic acids is 2. The van der Waals surface area contributed by atoms with Gasteiger partial charge in [-0.25, -0.2) is 14.6 Å². The fraction of sp³-hybridized carbons (Fsp3) is 0.0800. The first-order valence-electron chi connectivity index (χ1n) is 10.1. The molecule has 1 aliphatic heterocycles. The molecule has 6 nitrogen and oxygen atoms in total. The van der Waals surface area contributed by atoms with Crippen LogP contribution in [0.3, 0.4) is 0 Å². The summed E-state index contributed by atoms with van der Waals surface area (Å²) in [5.41, 5.74) is 1.35. The minimum absolute atomic E-state index is 0.0926. The van der Waals surface area contributed by atoms with E-state index in [1.54, 1.807) is 55.5 Å². The highest BCUT2D eigenvalue weighted by molar-refractivity contribution is 6.36. The summed E-state index contributed by atoms with van der Waals surface area (Å²) in [7, 11) is 0. The number of hydrogen-bond acceptors (Lipinski definition) is 6. The first kappa shape index (κ1) is 23.8. The van der Waals surface area contributed by atoms with Crippen LogP contribution in [0.1, 0.15) is 28.4 Å². The first-order chi connectivity index (χ1) is 16.4. The van der Waals surface area contributed by atoms with Gasteiger partial charge in [-0.3, -0.25) is 0 Å². The molecule has 3 aromatic rings. The van der Waals surface area contributed by atoms with Gasteiger partial charge in [0.1, 0.15) is 0 Å². The van der Waals surface area contributed by atoms with Gasteiger partial charge in [-0.2, -0.15) is 0 Å². The zero-order chi connectivity index (χ0) is 24.2. The van der Waals surface area contributed by atoms with Crippen molar-refractivity contribution in [3.63, 3.8) is 0 Å². The van der Waals surface area contributed by atoms with E-state index in [1.807, 2.05) is 0 Å². The Labute approximate surface area is 210 Å². The molecule has 0 saturated carbocycles. The van der Waals surface area contributed by atoms with Crippen LogP contribution in [0.25, 0.3) is 6.08 Å². The Morgan fingerprint density at radius 3 is 2.53 bits per heavy atom. The summed E-state index contributed by atoms with van der Waals surface area (Å²) in [5.74, 6) is -0.661. The molecule has 0 aromatic heterocycles. The van der Waals surface area contributed by atoms with Crippen LogP contribution >= 0.6 is 34.8 Å². The number of rotatable bonds is 6. The third-order valence-electron chi connectivity index (χ3n) is 4.65. The average molecular weight is 517 g/mol. The molecule has 0 aliphatic carbocycles. The summed E-state index contributed by atoms with van der Waals surface area (Å²) in [5, 5.41) is 0.990. The summed E-state index contributed by atoms with van der Waals surface area (Å²) in [6.45, 7) is 2.12. The molecule has 0 N–H and O–H groups in total. The molecule has 1 aliphatic rings. The molecule has 1 heterocycles. The monoisotopic (exact) mass is 515 g/mol. The van der Waals surface area contributed by atoms with Crippen LogP contribution in [0, 0.1) is 0 Å². The molecule has 172 valence electrons. The summed E-state index contributed by atoms with van der Waals surface area (Å²) in [4.78, 5) is 29.2. The van der Waals surface area contributed by atoms with Crippen molar-refractivity contribution >= 4 is 58.7 Å². The lowest BCUT2D eigenvalue weighted by Crippen LogP contribution is -2.10. The molecule has 3 aromatic carbocycles. The number of ether oxygens (including phenoxy) is 3. The molecule has 9 heteroatoms. The molecule has 0 spiro atoms. The molecular formula is C25H16Cl3NO5. The van der Waals surface area contributed by atoms with Crippen LogP contribution in [-0.2, 0) is 9.53 Å². The van der Waals surface area contributed by atoms with Crippen LogP contribution in [0.2, 0.25) is 15.1 Å². The topological polar surface area (TPSA) is 74.2 Å². The van der Waals surface area contributed by atoms with E-state index < -0.39 is 11.9 Å². The Morgan fingerprint density at radius 1 is 1.00 bits per heavy atom. The fourth-order valence-electron chi connectivity index (χ4n) is 3.09. The molecule has 0 amide bonds. The molecule has 0 saturated heterocycles. The second-order valence-electron chi connectivity index (χ2n) is 6.97. The van der Waals surface area contributed by atoms with Gasteiger partial charge in [-0.1, -0.05) is 53.0 Å². The number of halogens is 3. The minimum atomic E-state index is -0.665. The second-order valence-corrected chi connectivity index (χ2v) is 8.22. The summed E-state index contributed by atoms with van der Waals surface area (Å²) in [6.07, 6.45) is 1.54. The average Bonchev–Trinajstić information content (AvgIpc) is 3.15. The van der Waals surface area contributed by atoms with E-state index in [0.717, 1.165) is 0 Å². The van der Waals surface area contributed by atoms with E-state index in [4.69, 9.17) is 49.0 Å². The van der Waals surface area contributed by atoms with Crippen molar-refractivity contribution in [3.05, 3.63) is 98.1 Å². The van der Waals surface area contributed by atoms with E-state index in [0.29, 0.717) is 33.5 Å². The number of aliphatic imine (C=N–C) groups is 1. The SMILES string of the molecule is CCOc1cc(/C=C2\N=C(c3ccccc3Cl)OC2=O)ccc1OC(=O)c1ccc(Cl)cc1Cl. The van der Waals surface area contributed by atoms with Crippen LogP contribution in [-0.4, -0.2) is 24.4 Å². The van der Waals surface area contributed by atoms with Gasteiger partial charge in [0.15, 0.2) is 17.2 Å². The van der Waals surface area contributed by atoms with Crippen molar-refractivity contribution in [1.82, 2.24) is 0 Å². The number of nitrogens with zero attached hydrogens (tertiary/aromatic N) is 1. The molecule has 34 heavy (non-hydrogen) atoms. The standard InChI is InChI=1S/C25H16Cl3NO5/c1-2-32-22-12-14(7-10-21(22)33-24(30)17-9-8-15(26)13-19(17)28)11-20-25(31)34-23(29-20)16-5-3-4-6-18(16)27/h3-13H,2H2,1H3/b20-11-. The Bertz CT molecular complexity index is 1350. The predicted molar refractivity (Wildman–Crippen MR) is 131 cm³/mol. The molecule has 0 fully saturated rings. The molecule has 0 radical (unpaired) electrons. The lowest BCUT2D eigenvalue weighted by molar-refractivity contribution is -0.129. The van der Waals surface area contributed by atoms with Crippen molar-refractivity contribution in [2.24, 2.45) is 4.99 Å². The summed E-state index contributed by atoms with van der Waals surface area (Å²) >= 11 is 18.2. The molecule has 0 bridgehead atoms. The Kier molecular flexibility index (Phi) is 7.22. The normalized spacial score (nSPS) is 14.1. The first-order valence-corrected chi connectivity index (χ1v) is 11.2. The Morgan fingerprint density at radius 2 is 1.79 bits per heavy atom. The number of cyclic esters (lactones) is 1. The lowest BCUT2D eigenvalue weighted by atomic mass is 10.1. The number of benzene rings is 3. The second kappa shape index (κ2) is 10.3. The highest BCUT2D eigenvalue weighted by Crippen LogP contribution is 2.32. The highest BCUT2D eigenvalue weighted by Gasteiger charge is 2.25. The number of hydrogen-bond donors (Lipinski definition) is 0. The number of carbonyl (C=O) groups is 2. The molecule has 0 atom stereocenters. The zero-order valence-corrected chi connectivity index (χ0v) is 19.9. The van der Waals surface area contributed by atoms with Crippen LogP contribution < -0.4 is 9.47 Å². The lowest BCUT2D eigenvalue weighted by Gasteiger charge is -2.12. The largest absolute Gasteiger partial charge is 0.490 e. The van der Waals surface area contributed by atoms with Crippen molar-refractivity contribution in [2.75, 3.05) is 6.61 Å². The highest BCUT2D eigenvalue weighted by atomic mass is 35.5. The Hall–Kier alpha value is -3.32. The van der Waals surface area contributed by atoms with Gasteiger partial charge in [0.2, 0.25) is 5.90 Å². The van der Waals surface area contributed by atoms with E-state index in [-0.39, 0.29) is 27.9 Å². The van der Waals surface area contributed by atoms with Crippen LogP contribution in [0.5, 0.6) is 11.5 Å². The number of esters is 2. The summed E-state index contributed by atoms with van der Waals surface area (Å²) in [6, 6.07) is 16.2. The van der Waals surface area contributed by atoms with Crippen LogP contribution in [0.4, 0.5) is 0 Å². The van der Waals surface area contributed by atoms with E-state index in [1.165, 1.54) is 18.2 Å². The summed E-state index contributed by atoms with van der Waals surface area (Å²) < 4.78 is 16.4. The third kappa shape index (κ3) is 5.25. The quantitative estimate of drug-likeness (QED) is 0.209. The third-order valence-corrected chi connectivity index (χ3v) is 5.53. The van der Waals surface area contributed by atoms with E-state index in [2.05, 4.69) is 4.99 Å². The van der Waals surface area contributed by atoms with Gasteiger partial charge in [0.05, 0.1) is 27.8 Å². The van der Waals surface area contributed by atoms with Crippen molar-refractivity contribution in [2.45, 2.75) is 6.92 Å². The maximum atomic E-state index is 12.6. The minimum Gasteiger partial charge on any atom is -0.490 e. The van der Waals surface area contributed by atoms with Crippen molar-refractivity contribution in [3.8, 4) is 11.5 Å². The van der Waals surface area contributed by atoms with Gasteiger partial charge in [0.25, 0.3) is 0 Å². The molecule has 4 rings (SSSR count). The maximum absolute atomic E-state index is 12.6. The molecule has 0 unspecified atom stereocenters. The van der Waals surface area contributed by atoms with Crippen LogP contribution in [0.15, 0.2) is 71.4 Å². The Balaban J connectivity index is 1.61. The van der Waals surface area contributed by atoms with E-state index in [9.17, 15) is 9.59 Å².